The van der Waals surface area contributed by atoms with Crippen molar-refractivity contribution >= 4 is 22.1 Å². The Hall–Kier alpha value is -1.15. The second-order valence-electron chi connectivity index (χ2n) is 15.6. The van der Waals surface area contributed by atoms with Gasteiger partial charge in [0.05, 0.1) is 27.1 Å². The van der Waals surface area contributed by atoms with E-state index in [9.17, 15) is 18.0 Å². The van der Waals surface area contributed by atoms with Gasteiger partial charge in [-0.3, -0.25) is 13.8 Å². The van der Waals surface area contributed by atoms with Crippen LogP contribution < -0.4 is 0 Å². The van der Waals surface area contributed by atoms with Crippen LogP contribution in [0.1, 0.15) is 260 Å². The second-order valence-corrected chi connectivity index (χ2v) is 17.5. The molecule has 0 aliphatic rings. The molecule has 1 unspecified atom stereocenters. The van der Waals surface area contributed by atoms with Gasteiger partial charge in [0.15, 0.2) is 0 Å². The molecule has 0 rings (SSSR count). The summed E-state index contributed by atoms with van der Waals surface area (Å²) < 4.78 is 35.6. The fourth-order valence-corrected chi connectivity index (χ4v) is 7.09. The van der Waals surface area contributed by atoms with Crippen molar-refractivity contribution in [3.05, 3.63) is 0 Å². The van der Waals surface area contributed by atoms with Crippen LogP contribution in [0.25, 0.3) is 0 Å². The van der Waals surface area contributed by atoms with E-state index >= 15 is 0 Å². The van der Waals surface area contributed by atoms with Crippen LogP contribution in [0.5, 0.6) is 0 Å². The molecule has 334 valence electrons. The van der Waals surface area contributed by atoms with Gasteiger partial charge in [0.2, 0.25) is 0 Å². The second kappa shape index (κ2) is 50.9. The molecule has 0 aliphatic heterocycles. The highest BCUT2D eigenvalue weighted by Crippen LogP contribution is 2.16. The molecule has 8 heteroatoms. The summed E-state index contributed by atoms with van der Waals surface area (Å²) in [5, 5.41) is 0. The van der Waals surface area contributed by atoms with Crippen molar-refractivity contribution in [2.45, 2.75) is 260 Å². The van der Waals surface area contributed by atoms with Crippen molar-refractivity contribution in [2.75, 3.05) is 27.1 Å². The predicted octanol–water partition coefficient (Wildman–Crippen LogP) is 15.3. The molecule has 0 aromatic rings. The summed E-state index contributed by atoms with van der Waals surface area (Å²) in [5.41, 5.74) is 0. The molecule has 0 N–H and O–H groups in total. The number of unbranched alkanes of at least 4 members (excludes halogenated alkanes) is 28. The molecule has 7 nitrogen and oxygen atoms in total. The van der Waals surface area contributed by atoms with Gasteiger partial charge in [0, 0.05) is 12.8 Å². The van der Waals surface area contributed by atoms with E-state index in [0.29, 0.717) is 12.8 Å². The minimum absolute atomic E-state index is 0. The normalized spacial score (nSPS) is 11.4. The highest BCUT2D eigenvalue weighted by atomic mass is 32.2. The van der Waals surface area contributed by atoms with E-state index < -0.39 is 10.1 Å². The Morgan fingerprint density at radius 2 is 0.709 bits per heavy atom. The van der Waals surface area contributed by atoms with Gasteiger partial charge in [-0.2, -0.15) is 8.42 Å². The first kappa shape index (κ1) is 60.5. The Kier molecular flexibility index (Phi) is 56.0. The van der Waals surface area contributed by atoms with Crippen molar-refractivity contribution in [2.24, 2.45) is 5.92 Å². The fraction of sp³-hybridized carbons (Fsp3) is 0.957. The van der Waals surface area contributed by atoms with Crippen LogP contribution in [0, 0.1) is 5.92 Å². The lowest BCUT2D eigenvalue weighted by Gasteiger charge is -2.07. The molecule has 0 saturated heterocycles. The Bertz CT molecular complexity index is 846. The highest BCUT2D eigenvalue weighted by Gasteiger charge is 2.07. The molecule has 55 heavy (non-hydrogen) atoms. The van der Waals surface area contributed by atoms with Crippen LogP contribution in [-0.2, 0) is 33.4 Å². The highest BCUT2D eigenvalue weighted by molar-refractivity contribution is 7.86. The van der Waals surface area contributed by atoms with Crippen LogP contribution in [0.3, 0.4) is 0 Å². The Balaban J connectivity index is -0.000000359. The predicted molar refractivity (Wildman–Crippen MR) is 239 cm³/mol. The van der Waals surface area contributed by atoms with Crippen molar-refractivity contribution in [3.63, 3.8) is 0 Å². The SMILES string of the molecule is C.CCC(C)CCCCCCCCCCCCCCC(=O)OC.CCCCCCCCCCCC(=O)OC.CCCCCCCCCCCCS(=O)(=O)OC. The lowest BCUT2D eigenvalue weighted by Crippen LogP contribution is -2.07. The van der Waals surface area contributed by atoms with E-state index in [1.807, 2.05) is 0 Å². The minimum Gasteiger partial charge on any atom is -0.469 e. The van der Waals surface area contributed by atoms with Crippen LogP contribution in [0.2, 0.25) is 0 Å². The molecule has 0 spiro atoms. The molecule has 0 amide bonds. The van der Waals surface area contributed by atoms with Gasteiger partial charge >= 0.3 is 11.9 Å². The molecule has 0 fully saturated rings. The lowest BCUT2D eigenvalue weighted by atomic mass is 9.99. The zero-order chi connectivity index (χ0) is 40.8. The third-order valence-electron chi connectivity index (χ3n) is 10.5. The van der Waals surface area contributed by atoms with Gasteiger partial charge in [-0.1, -0.05) is 228 Å². The maximum Gasteiger partial charge on any atom is 0.305 e. The summed E-state index contributed by atoms with van der Waals surface area (Å²) in [6.07, 6.45) is 43.7. The molecule has 0 saturated carbocycles. The lowest BCUT2D eigenvalue weighted by molar-refractivity contribution is -0.141. The summed E-state index contributed by atoms with van der Waals surface area (Å²) >= 11 is 0. The summed E-state index contributed by atoms with van der Waals surface area (Å²) in [6.45, 7) is 9.14. The zero-order valence-corrected chi connectivity index (χ0v) is 38.1. The monoisotopic (exact) mass is 807 g/mol. The van der Waals surface area contributed by atoms with E-state index in [-0.39, 0.29) is 25.1 Å². The molecule has 0 bridgehead atoms. The maximum atomic E-state index is 11.0. The van der Waals surface area contributed by atoms with Gasteiger partial charge in [0.1, 0.15) is 0 Å². The van der Waals surface area contributed by atoms with E-state index in [1.54, 1.807) is 0 Å². The Labute approximate surface area is 345 Å². The first-order chi connectivity index (χ1) is 26.1. The number of ether oxygens (including phenoxy) is 2. The van der Waals surface area contributed by atoms with E-state index in [4.69, 9.17) is 0 Å². The van der Waals surface area contributed by atoms with Crippen LogP contribution >= 0.6 is 0 Å². The van der Waals surface area contributed by atoms with Gasteiger partial charge in [-0.25, -0.2) is 0 Å². The average molecular weight is 807 g/mol. The first-order valence-corrected chi connectivity index (χ1v) is 24.6. The third-order valence-corrected chi connectivity index (χ3v) is 11.8. The van der Waals surface area contributed by atoms with Crippen LogP contribution in [-0.4, -0.2) is 47.4 Å². The smallest absolute Gasteiger partial charge is 0.305 e. The fourth-order valence-electron chi connectivity index (χ4n) is 6.37. The van der Waals surface area contributed by atoms with Crippen LogP contribution in [0.15, 0.2) is 0 Å². The van der Waals surface area contributed by atoms with E-state index in [2.05, 4.69) is 41.4 Å². The summed E-state index contributed by atoms with van der Waals surface area (Å²) in [4.78, 5) is 21.7. The molecular weight excluding hydrogens is 709 g/mol. The Morgan fingerprint density at radius 1 is 0.436 bits per heavy atom. The topological polar surface area (TPSA) is 96.0 Å². The number of methoxy groups -OCH3 is 2. The van der Waals surface area contributed by atoms with E-state index in [1.165, 1.54) is 201 Å². The van der Waals surface area contributed by atoms with Gasteiger partial charge in [-0.05, 0) is 25.2 Å². The summed E-state index contributed by atoms with van der Waals surface area (Å²) in [6, 6.07) is 0. The van der Waals surface area contributed by atoms with Gasteiger partial charge < -0.3 is 9.47 Å². The Morgan fingerprint density at radius 3 is 0.982 bits per heavy atom. The van der Waals surface area contributed by atoms with Gasteiger partial charge in [-0.15, -0.1) is 0 Å². The number of hydrogen-bond acceptors (Lipinski definition) is 7. The number of hydrogen-bond donors (Lipinski definition) is 0. The summed E-state index contributed by atoms with van der Waals surface area (Å²) in [5.74, 6) is 0.953. The van der Waals surface area contributed by atoms with E-state index in [0.717, 1.165) is 38.0 Å². The molecule has 0 aliphatic carbocycles. The largest absolute Gasteiger partial charge is 0.469 e. The molecule has 0 radical (unpaired) electrons. The quantitative estimate of drug-likeness (QED) is 0.0348. The first-order valence-electron chi connectivity index (χ1n) is 23.1. The third kappa shape index (κ3) is 57.3. The number of esters is 2. The standard InChI is InChI=1S/C20H40O2.C13H28O3S.C13H26O2.CH4/c1-4-19(2)17-15-13-11-9-7-5-6-8-10-12-14-16-18-20(21)22-3;1-3-4-5-6-7-8-9-10-11-12-13-17(14,15)16-2;1-3-4-5-6-7-8-9-10-11-12-13(14)15-2;/h19H,4-18H2,1-3H3;3-13H2,1-2H3;3-12H2,1-2H3;1H4. The summed E-state index contributed by atoms with van der Waals surface area (Å²) in [7, 11) is 0.921. The van der Waals surface area contributed by atoms with Crippen molar-refractivity contribution in [1.82, 2.24) is 0 Å². The minimum atomic E-state index is -3.23. The van der Waals surface area contributed by atoms with Crippen molar-refractivity contribution < 1.29 is 31.7 Å². The maximum absolute atomic E-state index is 11.0. The van der Waals surface area contributed by atoms with Crippen molar-refractivity contribution in [3.8, 4) is 0 Å². The molecular formula is C47H98O7S. The zero-order valence-electron chi connectivity index (χ0n) is 37.3. The van der Waals surface area contributed by atoms with Gasteiger partial charge in [0.25, 0.3) is 10.1 Å². The average Bonchev–Trinajstić information content (AvgIpc) is 3.18. The molecule has 0 aromatic heterocycles. The molecule has 1 atom stereocenters. The molecule has 0 aromatic carbocycles. The van der Waals surface area contributed by atoms with Crippen molar-refractivity contribution in [1.29, 1.82) is 0 Å². The number of rotatable bonds is 38. The molecule has 0 heterocycles. The number of carbonyl (C=O) groups is 2. The van der Waals surface area contributed by atoms with Crippen LogP contribution in [0.4, 0.5) is 0 Å². The number of carbonyl (C=O) groups excluding carboxylic acids is 2.